The van der Waals surface area contributed by atoms with Gasteiger partial charge in [0.25, 0.3) is 5.91 Å². The number of hydrogen-bond donors (Lipinski definition) is 2. The topological polar surface area (TPSA) is 98.9 Å². The van der Waals surface area contributed by atoms with Crippen LogP contribution >= 0.6 is 11.3 Å². The number of nitrogens with one attached hydrogen (secondary N) is 2. The number of aromatic nitrogens is 5. The second-order valence-electron chi connectivity index (χ2n) is 7.93. The van der Waals surface area contributed by atoms with Gasteiger partial charge in [-0.2, -0.15) is 10.1 Å². The van der Waals surface area contributed by atoms with Gasteiger partial charge in [0.15, 0.2) is 0 Å². The maximum Gasteiger partial charge on any atom is 0.251 e. The van der Waals surface area contributed by atoms with Crippen molar-refractivity contribution in [3.05, 3.63) is 41.7 Å². The second-order valence-corrected chi connectivity index (χ2v) is 8.84. The molecule has 0 spiro atoms. The van der Waals surface area contributed by atoms with Crippen molar-refractivity contribution in [3.63, 3.8) is 0 Å². The van der Waals surface area contributed by atoms with Gasteiger partial charge >= 0.3 is 0 Å². The van der Waals surface area contributed by atoms with E-state index in [0.29, 0.717) is 17.4 Å². The lowest BCUT2D eigenvalue weighted by atomic mass is 9.98. The molecular weight excluding hydrogens is 426 g/mol. The van der Waals surface area contributed by atoms with Gasteiger partial charge in [0, 0.05) is 31.9 Å². The van der Waals surface area contributed by atoms with Crippen LogP contribution in [0.4, 0.5) is 10.9 Å². The summed E-state index contributed by atoms with van der Waals surface area (Å²) in [5, 5.41) is 12.8. The van der Waals surface area contributed by atoms with E-state index in [1.54, 1.807) is 23.2 Å². The molecule has 0 atom stereocenters. The molecule has 166 valence electrons. The van der Waals surface area contributed by atoms with Crippen LogP contribution in [0, 0.1) is 0 Å². The molecule has 0 unspecified atom stereocenters. The summed E-state index contributed by atoms with van der Waals surface area (Å²) in [6, 6.07) is 3.74. The summed E-state index contributed by atoms with van der Waals surface area (Å²) in [5.41, 5.74) is 3.13. The van der Waals surface area contributed by atoms with E-state index in [1.165, 1.54) is 30.6 Å². The molecule has 4 heterocycles. The molecule has 1 aliphatic rings. The SMILES string of the molecule is CNC(=O)c1csc(Nc2nc(OC3CCCCC3)c3c(ccn3-c3cnn(C)c3)n2)c1. The molecule has 32 heavy (non-hydrogen) atoms. The fraction of sp³-hybridized carbons (Fsp3) is 0.364. The Morgan fingerprint density at radius 2 is 2.09 bits per heavy atom. The minimum Gasteiger partial charge on any atom is -0.473 e. The van der Waals surface area contributed by atoms with E-state index in [9.17, 15) is 4.79 Å². The average molecular weight is 452 g/mol. The number of thiophene rings is 1. The summed E-state index contributed by atoms with van der Waals surface area (Å²) >= 11 is 1.43. The highest BCUT2D eigenvalue weighted by Gasteiger charge is 2.21. The Bertz CT molecular complexity index is 1250. The van der Waals surface area contributed by atoms with Crippen LogP contribution in [0.1, 0.15) is 42.5 Å². The van der Waals surface area contributed by atoms with Crippen molar-refractivity contribution in [2.75, 3.05) is 12.4 Å². The van der Waals surface area contributed by atoms with Gasteiger partial charge in [-0.1, -0.05) is 6.42 Å². The van der Waals surface area contributed by atoms with Crippen LogP contribution in [-0.2, 0) is 7.05 Å². The number of anilines is 2. The molecule has 0 radical (unpaired) electrons. The summed E-state index contributed by atoms with van der Waals surface area (Å²) in [7, 11) is 3.51. The lowest BCUT2D eigenvalue weighted by Gasteiger charge is -2.23. The Hall–Kier alpha value is -3.40. The lowest BCUT2D eigenvalue weighted by molar-refractivity contribution is 0.0963. The smallest absolute Gasteiger partial charge is 0.251 e. The predicted molar refractivity (Wildman–Crippen MR) is 124 cm³/mol. The Morgan fingerprint density at radius 1 is 1.25 bits per heavy atom. The minimum atomic E-state index is -0.125. The van der Waals surface area contributed by atoms with Gasteiger partial charge in [-0.05, 0) is 37.8 Å². The van der Waals surface area contributed by atoms with E-state index in [0.717, 1.165) is 34.6 Å². The lowest BCUT2D eigenvalue weighted by Crippen LogP contribution is -2.21. The van der Waals surface area contributed by atoms with Crippen molar-refractivity contribution in [1.82, 2.24) is 29.6 Å². The van der Waals surface area contributed by atoms with Crippen molar-refractivity contribution in [3.8, 4) is 11.6 Å². The molecule has 1 fully saturated rings. The zero-order chi connectivity index (χ0) is 22.1. The molecule has 2 N–H and O–H groups in total. The summed E-state index contributed by atoms with van der Waals surface area (Å²) in [6.45, 7) is 0. The zero-order valence-electron chi connectivity index (χ0n) is 18.0. The van der Waals surface area contributed by atoms with Gasteiger partial charge < -0.3 is 19.9 Å². The second kappa shape index (κ2) is 8.62. The van der Waals surface area contributed by atoms with Gasteiger partial charge in [-0.25, -0.2) is 4.98 Å². The molecule has 0 aromatic carbocycles. The highest BCUT2D eigenvalue weighted by Crippen LogP contribution is 2.32. The largest absolute Gasteiger partial charge is 0.473 e. The van der Waals surface area contributed by atoms with Gasteiger partial charge in [-0.3, -0.25) is 9.48 Å². The van der Waals surface area contributed by atoms with E-state index in [2.05, 4.69) is 15.7 Å². The average Bonchev–Trinajstić information content (AvgIpc) is 3.54. The molecule has 4 aromatic heterocycles. The van der Waals surface area contributed by atoms with Gasteiger partial charge in [-0.15, -0.1) is 11.3 Å². The Balaban J connectivity index is 1.53. The maximum absolute atomic E-state index is 11.9. The van der Waals surface area contributed by atoms with Crippen molar-refractivity contribution >= 4 is 39.2 Å². The maximum atomic E-state index is 11.9. The van der Waals surface area contributed by atoms with Gasteiger partial charge in [0.1, 0.15) is 11.6 Å². The third-order valence-corrected chi connectivity index (χ3v) is 6.47. The van der Waals surface area contributed by atoms with Gasteiger partial charge in [0.05, 0.1) is 28.0 Å². The molecule has 1 saturated carbocycles. The van der Waals surface area contributed by atoms with Crippen molar-refractivity contribution in [2.45, 2.75) is 38.2 Å². The van der Waals surface area contributed by atoms with Crippen molar-refractivity contribution < 1.29 is 9.53 Å². The molecule has 0 aliphatic heterocycles. The first-order valence-electron chi connectivity index (χ1n) is 10.7. The molecule has 9 nitrogen and oxygen atoms in total. The third-order valence-electron chi connectivity index (χ3n) is 5.62. The molecular formula is C22H25N7O2S. The van der Waals surface area contributed by atoms with E-state index in [1.807, 2.05) is 36.3 Å². The highest BCUT2D eigenvalue weighted by atomic mass is 32.1. The fourth-order valence-corrected chi connectivity index (χ4v) is 4.79. The van der Waals surface area contributed by atoms with Crippen LogP contribution in [0.3, 0.4) is 0 Å². The number of ether oxygens (including phenoxy) is 1. The summed E-state index contributed by atoms with van der Waals surface area (Å²) in [4.78, 5) is 21.3. The molecule has 1 aliphatic carbocycles. The first-order chi connectivity index (χ1) is 15.6. The van der Waals surface area contributed by atoms with E-state index in [-0.39, 0.29) is 12.0 Å². The van der Waals surface area contributed by atoms with E-state index in [4.69, 9.17) is 14.7 Å². The quantitative estimate of drug-likeness (QED) is 0.459. The normalized spacial score (nSPS) is 14.6. The first-order valence-corrected chi connectivity index (χ1v) is 11.6. The highest BCUT2D eigenvalue weighted by molar-refractivity contribution is 7.14. The minimum absolute atomic E-state index is 0.125. The van der Waals surface area contributed by atoms with Crippen LogP contribution in [0.5, 0.6) is 5.88 Å². The van der Waals surface area contributed by atoms with Crippen LogP contribution < -0.4 is 15.4 Å². The molecule has 0 saturated heterocycles. The number of amides is 1. The molecule has 5 rings (SSSR count). The van der Waals surface area contributed by atoms with Crippen molar-refractivity contribution in [1.29, 1.82) is 0 Å². The zero-order valence-corrected chi connectivity index (χ0v) is 18.9. The number of hydrogen-bond acceptors (Lipinski definition) is 7. The molecule has 10 heteroatoms. The van der Waals surface area contributed by atoms with Crippen LogP contribution in [-0.4, -0.2) is 43.4 Å². The number of aryl methyl sites for hydroxylation is 1. The van der Waals surface area contributed by atoms with Crippen LogP contribution in [0.15, 0.2) is 36.1 Å². The summed E-state index contributed by atoms with van der Waals surface area (Å²) < 4.78 is 10.2. The number of fused-ring (bicyclic) bond motifs is 1. The predicted octanol–water partition coefficient (Wildman–Crippen LogP) is 4.03. The number of carbonyl (C=O) groups is 1. The molecule has 0 bridgehead atoms. The number of rotatable bonds is 6. The number of carbonyl (C=O) groups excluding carboxylic acids is 1. The summed E-state index contributed by atoms with van der Waals surface area (Å²) in [6.07, 6.45) is 11.5. The van der Waals surface area contributed by atoms with E-state index >= 15 is 0 Å². The van der Waals surface area contributed by atoms with Gasteiger partial charge in [0.2, 0.25) is 11.8 Å². The molecule has 1 amide bonds. The Labute approximate surface area is 189 Å². The molecule has 4 aromatic rings. The Morgan fingerprint density at radius 3 is 2.84 bits per heavy atom. The monoisotopic (exact) mass is 451 g/mol. The third kappa shape index (κ3) is 4.05. The number of nitrogens with zero attached hydrogens (tertiary/aromatic N) is 5. The first kappa shape index (κ1) is 20.5. The van der Waals surface area contributed by atoms with Crippen molar-refractivity contribution in [2.24, 2.45) is 7.05 Å². The fourth-order valence-electron chi connectivity index (χ4n) is 4.02. The van der Waals surface area contributed by atoms with E-state index < -0.39 is 0 Å². The summed E-state index contributed by atoms with van der Waals surface area (Å²) in [5.74, 6) is 0.874. The van der Waals surface area contributed by atoms with Crippen LogP contribution in [0.25, 0.3) is 16.7 Å². The Kier molecular flexibility index (Phi) is 5.52. The van der Waals surface area contributed by atoms with Crippen LogP contribution in [0.2, 0.25) is 0 Å². The standard InChI is InChI=1S/C22H25N7O2S/c1-23-20(30)14-10-18(32-13-14)26-22-25-17-8-9-29(15-11-24-28(2)12-15)19(17)21(27-22)31-16-6-4-3-5-7-16/h8-13,16H,3-7H2,1-2H3,(H,23,30)(H,25,26,27).